The van der Waals surface area contributed by atoms with Crippen LogP contribution in [0.3, 0.4) is 0 Å². The van der Waals surface area contributed by atoms with E-state index in [0.717, 1.165) is 34.4 Å². The summed E-state index contributed by atoms with van der Waals surface area (Å²) in [6.45, 7) is 2.57. The number of hydrogen-bond donors (Lipinski definition) is 3. The molecule has 0 spiro atoms. The van der Waals surface area contributed by atoms with Crippen molar-refractivity contribution in [1.82, 2.24) is 15.6 Å². The fourth-order valence-corrected chi connectivity index (χ4v) is 2.90. The molecule has 5 nitrogen and oxygen atoms in total. The molecule has 0 saturated carbocycles. The predicted molar refractivity (Wildman–Crippen MR) is 107 cm³/mol. The average Bonchev–Trinajstić information content (AvgIpc) is 3.09. The van der Waals surface area contributed by atoms with Gasteiger partial charge in [0.25, 0.3) is 0 Å². The molecule has 0 bridgehead atoms. The van der Waals surface area contributed by atoms with Crippen molar-refractivity contribution in [3.8, 4) is 0 Å². The number of ether oxygens (including phenoxy) is 1. The van der Waals surface area contributed by atoms with E-state index in [2.05, 4.69) is 20.6 Å². The maximum Gasteiger partial charge on any atom is 0.191 e. The maximum atomic E-state index is 13.4. The Kier molecular flexibility index (Phi) is 6.82. The van der Waals surface area contributed by atoms with Crippen LogP contribution in [-0.2, 0) is 17.8 Å². The largest absolute Gasteiger partial charge is 0.375 e. The summed E-state index contributed by atoms with van der Waals surface area (Å²) >= 11 is 0. The molecule has 0 radical (unpaired) electrons. The zero-order valence-electron chi connectivity index (χ0n) is 15.5. The zero-order chi connectivity index (χ0) is 18.9. The van der Waals surface area contributed by atoms with Crippen molar-refractivity contribution < 1.29 is 9.13 Å². The van der Waals surface area contributed by atoms with Crippen LogP contribution in [0.25, 0.3) is 10.9 Å². The van der Waals surface area contributed by atoms with Crippen molar-refractivity contribution in [3.63, 3.8) is 0 Å². The minimum atomic E-state index is -0.218. The van der Waals surface area contributed by atoms with Gasteiger partial charge in [-0.15, -0.1) is 0 Å². The summed E-state index contributed by atoms with van der Waals surface area (Å²) in [5.41, 5.74) is 3.19. The number of aromatic nitrogens is 1. The number of halogens is 1. The van der Waals surface area contributed by atoms with Crippen LogP contribution in [0.15, 0.2) is 59.7 Å². The molecule has 1 heterocycles. The van der Waals surface area contributed by atoms with E-state index in [-0.39, 0.29) is 5.82 Å². The summed E-state index contributed by atoms with van der Waals surface area (Å²) in [4.78, 5) is 7.38. The molecule has 0 unspecified atom stereocenters. The Morgan fingerprint density at radius 1 is 1.11 bits per heavy atom. The van der Waals surface area contributed by atoms with Gasteiger partial charge in [-0.05, 0) is 35.7 Å². The Morgan fingerprint density at radius 2 is 1.93 bits per heavy atom. The van der Waals surface area contributed by atoms with Crippen molar-refractivity contribution in [2.75, 3.05) is 26.7 Å². The minimum Gasteiger partial charge on any atom is -0.375 e. The molecular weight excluding hydrogens is 343 g/mol. The lowest BCUT2D eigenvalue weighted by atomic mass is 10.1. The summed E-state index contributed by atoms with van der Waals surface area (Å²) in [6.07, 6.45) is 2.70. The third-order valence-electron chi connectivity index (χ3n) is 4.29. The molecule has 0 aliphatic rings. The molecule has 142 valence electrons. The summed E-state index contributed by atoms with van der Waals surface area (Å²) in [5.74, 6) is 0.508. The molecule has 0 aliphatic heterocycles. The second-order valence-corrected chi connectivity index (χ2v) is 6.22. The maximum absolute atomic E-state index is 13.4. The number of nitrogens with one attached hydrogen (secondary N) is 3. The van der Waals surface area contributed by atoms with Gasteiger partial charge in [0.1, 0.15) is 5.82 Å². The van der Waals surface area contributed by atoms with Gasteiger partial charge in [-0.1, -0.05) is 30.3 Å². The SMILES string of the molecule is CN=C(NCCOCc1ccccc1)NCCc1c[nH]c2ccc(F)cc12. The highest BCUT2D eigenvalue weighted by Gasteiger charge is 2.05. The highest BCUT2D eigenvalue weighted by atomic mass is 19.1. The number of aliphatic imine (C=N–C) groups is 1. The Labute approximate surface area is 158 Å². The van der Waals surface area contributed by atoms with E-state index >= 15 is 0 Å². The van der Waals surface area contributed by atoms with Crippen LogP contribution in [0.5, 0.6) is 0 Å². The molecule has 0 aliphatic carbocycles. The van der Waals surface area contributed by atoms with E-state index in [0.29, 0.717) is 26.3 Å². The lowest BCUT2D eigenvalue weighted by molar-refractivity contribution is 0.125. The third-order valence-corrected chi connectivity index (χ3v) is 4.29. The summed E-state index contributed by atoms with van der Waals surface area (Å²) in [7, 11) is 1.74. The highest BCUT2D eigenvalue weighted by molar-refractivity contribution is 5.83. The first-order chi connectivity index (χ1) is 13.3. The first-order valence-corrected chi connectivity index (χ1v) is 9.08. The molecule has 3 rings (SSSR count). The molecule has 1 aromatic heterocycles. The van der Waals surface area contributed by atoms with E-state index in [1.807, 2.05) is 36.5 Å². The molecule has 27 heavy (non-hydrogen) atoms. The molecule has 3 aromatic rings. The van der Waals surface area contributed by atoms with Crippen molar-refractivity contribution in [2.24, 2.45) is 4.99 Å². The van der Waals surface area contributed by atoms with Gasteiger partial charge in [-0.3, -0.25) is 4.99 Å². The van der Waals surface area contributed by atoms with Gasteiger partial charge >= 0.3 is 0 Å². The van der Waals surface area contributed by atoms with Gasteiger partial charge in [0.2, 0.25) is 0 Å². The number of rotatable bonds is 8. The standard InChI is InChI=1S/C21H25FN4O/c1-23-21(25-11-12-27-15-16-5-3-2-4-6-16)24-10-9-17-14-26-20-8-7-18(22)13-19(17)20/h2-8,13-14,26H,9-12,15H2,1H3,(H2,23,24,25). The van der Waals surface area contributed by atoms with Crippen LogP contribution in [-0.4, -0.2) is 37.7 Å². The Morgan fingerprint density at radius 3 is 2.74 bits per heavy atom. The van der Waals surface area contributed by atoms with E-state index in [1.165, 1.54) is 6.07 Å². The van der Waals surface area contributed by atoms with Gasteiger partial charge in [0, 0.05) is 37.2 Å². The molecule has 2 aromatic carbocycles. The molecule has 0 fully saturated rings. The third kappa shape index (κ3) is 5.56. The van der Waals surface area contributed by atoms with E-state index in [9.17, 15) is 4.39 Å². The fourth-order valence-electron chi connectivity index (χ4n) is 2.90. The Balaban J connectivity index is 1.37. The predicted octanol–water partition coefficient (Wildman–Crippen LogP) is 3.23. The Hall–Kier alpha value is -2.86. The normalized spacial score (nSPS) is 11.7. The monoisotopic (exact) mass is 368 g/mol. The van der Waals surface area contributed by atoms with Gasteiger partial charge in [0.05, 0.1) is 13.2 Å². The molecular formula is C21H25FN4O. The second kappa shape index (κ2) is 9.73. The number of guanidine groups is 1. The number of aromatic amines is 1. The molecule has 0 saturated heterocycles. The van der Waals surface area contributed by atoms with Crippen molar-refractivity contribution in [1.29, 1.82) is 0 Å². The molecule has 6 heteroatoms. The van der Waals surface area contributed by atoms with Crippen LogP contribution in [0.4, 0.5) is 4.39 Å². The second-order valence-electron chi connectivity index (χ2n) is 6.22. The fraction of sp³-hybridized carbons (Fsp3) is 0.286. The number of fused-ring (bicyclic) bond motifs is 1. The smallest absolute Gasteiger partial charge is 0.191 e. The molecule has 0 atom stereocenters. The molecule has 0 amide bonds. The topological polar surface area (TPSA) is 61.4 Å². The van der Waals surface area contributed by atoms with Crippen LogP contribution >= 0.6 is 0 Å². The zero-order valence-corrected chi connectivity index (χ0v) is 15.5. The first kappa shape index (κ1) is 18.9. The van der Waals surface area contributed by atoms with E-state index < -0.39 is 0 Å². The number of hydrogen-bond acceptors (Lipinski definition) is 2. The summed E-state index contributed by atoms with van der Waals surface area (Å²) in [6, 6.07) is 14.9. The van der Waals surface area contributed by atoms with Crippen molar-refractivity contribution in [3.05, 3.63) is 71.7 Å². The van der Waals surface area contributed by atoms with Gasteiger partial charge in [0.15, 0.2) is 5.96 Å². The first-order valence-electron chi connectivity index (χ1n) is 9.08. The summed E-state index contributed by atoms with van der Waals surface area (Å²) < 4.78 is 19.1. The van der Waals surface area contributed by atoms with Gasteiger partial charge in [-0.25, -0.2) is 4.39 Å². The molecule has 3 N–H and O–H groups in total. The van der Waals surface area contributed by atoms with Gasteiger partial charge in [-0.2, -0.15) is 0 Å². The van der Waals surface area contributed by atoms with Crippen molar-refractivity contribution in [2.45, 2.75) is 13.0 Å². The number of nitrogens with zero attached hydrogens (tertiary/aromatic N) is 1. The van der Waals surface area contributed by atoms with Crippen molar-refractivity contribution >= 4 is 16.9 Å². The quantitative estimate of drug-likeness (QED) is 0.325. The lowest BCUT2D eigenvalue weighted by Crippen LogP contribution is -2.39. The minimum absolute atomic E-state index is 0.218. The number of benzene rings is 2. The van der Waals surface area contributed by atoms with Crippen LogP contribution in [0, 0.1) is 5.82 Å². The average molecular weight is 368 g/mol. The van der Waals surface area contributed by atoms with E-state index in [1.54, 1.807) is 19.2 Å². The van der Waals surface area contributed by atoms with E-state index in [4.69, 9.17) is 4.74 Å². The van der Waals surface area contributed by atoms with Crippen LogP contribution in [0.1, 0.15) is 11.1 Å². The summed E-state index contributed by atoms with van der Waals surface area (Å²) in [5, 5.41) is 7.42. The Bertz CT molecular complexity index is 876. The number of H-pyrrole nitrogens is 1. The lowest BCUT2D eigenvalue weighted by Gasteiger charge is -2.12. The van der Waals surface area contributed by atoms with Crippen LogP contribution < -0.4 is 10.6 Å². The highest BCUT2D eigenvalue weighted by Crippen LogP contribution is 2.19. The van der Waals surface area contributed by atoms with Crippen LogP contribution in [0.2, 0.25) is 0 Å². The van der Waals surface area contributed by atoms with Gasteiger partial charge < -0.3 is 20.4 Å².